The summed E-state index contributed by atoms with van der Waals surface area (Å²) in [5, 5.41) is 7.63. The third kappa shape index (κ3) is 3.19. The molecule has 6 nitrogen and oxygen atoms in total. The van der Waals surface area contributed by atoms with Crippen LogP contribution in [0.25, 0.3) is 5.69 Å². The maximum absolute atomic E-state index is 13.1. The van der Waals surface area contributed by atoms with Crippen molar-refractivity contribution in [1.29, 1.82) is 0 Å². The lowest BCUT2D eigenvalue weighted by atomic mass is 10.1. The third-order valence-corrected chi connectivity index (χ3v) is 3.77. The Morgan fingerprint density at radius 1 is 1.21 bits per heavy atom. The van der Waals surface area contributed by atoms with Gasteiger partial charge in [-0.1, -0.05) is 0 Å². The van der Waals surface area contributed by atoms with Crippen LogP contribution in [-0.2, 0) is 0 Å². The van der Waals surface area contributed by atoms with Gasteiger partial charge in [0.25, 0.3) is 0 Å². The summed E-state index contributed by atoms with van der Waals surface area (Å²) in [4.78, 5) is 8.43. The normalized spacial score (nSPS) is 12.0. The number of hydrogen-bond acceptors (Lipinski definition) is 5. The highest BCUT2D eigenvalue weighted by Gasteiger charge is 2.15. The second-order valence-electron chi connectivity index (χ2n) is 5.36. The van der Waals surface area contributed by atoms with Gasteiger partial charge in [-0.2, -0.15) is 10.1 Å². The highest BCUT2D eigenvalue weighted by atomic mass is 19.1. The van der Waals surface area contributed by atoms with Crippen LogP contribution in [0.15, 0.2) is 42.7 Å². The number of ether oxygens (including phenoxy) is 1. The first-order valence-corrected chi connectivity index (χ1v) is 7.52. The third-order valence-electron chi connectivity index (χ3n) is 3.77. The van der Waals surface area contributed by atoms with Crippen LogP contribution >= 0.6 is 0 Å². The minimum Gasteiger partial charge on any atom is -0.481 e. The van der Waals surface area contributed by atoms with Crippen molar-refractivity contribution in [3.63, 3.8) is 0 Å². The lowest BCUT2D eigenvalue weighted by Gasteiger charge is -2.14. The molecule has 3 rings (SSSR count). The van der Waals surface area contributed by atoms with Gasteiger partial charge in [-0.25, -0.2) is 14.1 Å². The fraction of sp³-hybridized carbons (Fsp3) is 0.235. The lowest BCUT2D eigenvalue weighted by Crippen LogP contribution is -2.11. The van der Waals surface area contributed by atoms with E-state index in [1.807, 2.05) is 13.8 Å². The van der Waals surface area contributed by atoms with E-state index in [0.29, 0.717) is 11.8 Å². The molecule has 1 aromatic carbocycles. The monoisotopic (exact) mass is 327 g/mol. The highest BCUT2D eigenvalue weighted by Crippen LogP contribution is 2.23. The van der Waals surface area contributed by atoms with Crippen molar-refractivity contribution in [2.45, 2.75) is 19.9 Å². The Balaban J connectivity index is 1.83. The predicted molar refractivity (Wildman–Crippen MR) is 88.9 cm³/mol. The molecule has 0 saturated carbocycles. The van der Waals surface area contributed by atoms with Crippen molar-refractivity contribution in [3.05, 3.63) is 59.8 Å². The van der Waals surface area contributed by atoms with E-state index >= 15 is 0 Å². The van der Waals surface area contributed by atoms with Gasteiger partial charge in [-0.3, -0.25) is 0 Å². The molecule has 3 aromatic rings. The number of hydrogen-bond donors (Lipinski definition) is 1. The SMILES string of the molecule is COc1ccnc(NC(C)c2cnn(-c3ccc(F)cc3)c2C)n1. The van der Waals surface area contributed by atoms with E-state index in [9.17, 15) is 4.39 Å². The number of aromatic nitrogens is 4. The van der Waals surface area contributed by atoms with Crippen molar-refractivity contribution in [2.75, 3.05) is 12.4 Å². The van der Waals surface area contributed by atoms with Gasteiger partial charge in [0, 0.05) is 23.5 Å². The smallest absolute Gasteiger partial charge is 0.226 e. The topological polar surface area (TPSA) is 64.9 Å². The molecule has 2 heterocycles. The van der Waals surface area contributed by atoms with E-state index < -0.39 is 0 Å². The second-order valence-corrected chi connectivity index (χ2v) is 5.36. The van der Waals surface area contributed by atoms with Gasteiger partial charge in [-0.05, 0) is 38.1 Å². The van der Waals surface area contributed by atoms with Gasteiger partial charge < -0.3 is 10.1 Å². The Labute approximate surface area is 139 Å². The Bertz CT molecular complexity index is 831. The number of methoxy groups -OCH3 is 1. The van der Waals surface area contributed by atoms with Crippen molar-refractivity contribution in [3.8, 4) is 11.6 Å². The number of anilines is 1. The lowest BCUT2D eigenvalue weighted by molar-refractivity contribution is 0.397. The van der Waals surface area contributed by atoms with Crippen molar-refractivity contribution >= 4 is 5.95 Å². The fourth-order valence-electron chi connectivity index (χ4n) is 2.49. The number of halogens is 1. The molecular formula is C17H18FN5O. The summed E-state index contributed by atoms with van der Waals surface area (Å²) >= 11 is 0. The Morgan fingerprint density at radius 2 is 1.96 bits per heavy atom. The molecule has 24 heavy (non-hydrogen) atoms. The molecule has 0 radical (unpaired) electrons. The number of nitrogens with zero attached hydrogens (tertiary/aromatic N) is 4. The summed E-state index contributed by atoms with van der Waals surface area (Å²) in [6, 6.07) is 7.87. The summed E-state index contributed by atoms with van der Waals surface area (Å²) in [6.45, 7) is 3.97. The zero-order valence-electron chi connectivity index (χ0n) is 13.7. The molecule has 0 aliphatic rings. The fourth-order valence-corrected chi connectivity index (χ4v) is 2.49. The minimum absolute atomic E-state index is 0.0497. The first kappa shape index (κ1) is 15.9. The highest BCUT2D eigenvalue weighted by molar-refractivity contribution is 5.38. The van der Waals surface area contributed by atoms with Crippen molar-refractivity contribution < 1.29 is 9.13 Å². The molecule has 124 valence electrons. The van der Waals surface area contributed by atoms with E-state index in [1.165, 1.54) is 12.1 Å². The summed E-state index contributed by atoms with van der Waals surface area (Å²) in [6.07, 6.45) is 3.42. The molecule has 0 aliphatic heterocycles. The molecule has 1 N–H and O–H groups in total. The largest absolute Gasteiger partial charge is 0.481 e. The molecule has 1 unspecified atom stereocenters. The van der Waals surface area contributed by atoms with E-state index in [0.717, 1.165) is 16.9 Å². The van der Waals surface area contributed by atoms with Crippen LogP contribution in [0.2, 0.25) is 0 Å². The molecule has 0 saturated heterocycles. The molecule has 0 aliphatic carbocycles. The van der Waals surface area contributed by atoms with Crippen LogP contribution in [0.1, 0.15) is 24.2 Å². The molecule has 1 atom stereocenters. The molecule has 0 amide bonds. The van der Waals surface area contributed by atoms with E-state index in [-0.39, 0.29) is 11.9 Å². The second kappa shape index (κ2) is 6.66. The standard InChI is InChI=1S/C17H18FN5O/c1-11(21-17-19-9-8-16(22-17)24-3)15-10-20-23(12(15)2)14-6-4-13(18)5-7-14/h4-11H,1-3H3,(H,19,21,22). The van der Waals surface area contributed by atoms with Crippen LogP contribution in [0.5, 0.6) is 5.88 Å². The minimum atomic E-state index is -0.269. The quantitative estimate of drug-likeness (QED) is 0.779. The van der Waals surface area contributed by atoms with Gasteiger partial charge in [0.15, 0.2) is 0 Å². The van der Waals surface area contributed by atoms with Crippen LogP contribution < -0.4 is 10.1 Å². The first-order valence-electron chi connectivity index (χ1n) is 7.52. The molecular weight excluding hydrogens is 309 g/mol. The summed E-state index contributed by atoms with van der Waals surface area (Å²) in [7, 11) is 1.56. The molecule has 0 spiro atoms. The molecule has 0 bridgehead atoms. The van der Waals surface area contributed by atoms with Crippen LogP contribution in [0, 0.1) is 12.7 Å². The van der Waals surface area contributed by atoms with Gasteiger partial charge in [0.05, 0.1) is 25.0 Å². The van der Waals surface area contributed by atoms with Gasteiger partial charge in [-0.15, -0.1) is 0 Å². The van der Waals surface area contributed by atoms with Crippen LogP contribution in [0.3, 0.4) is 0 Å². The Hall–Kier alpha value is -2.96. The zero-order valence-corrected chi connectivity index (χ0v) is 13.7. The number of benzene rings is 1. The van der Waals surface area contributed by atoms with E-state index in [4.69, 9.17) is 4.74 Å². The Morgan fingerprint density at radius 3 is 2.67 bits per heavy atom. The van der Waals surface area contributed by atoms with Crippen LogP contribution in [0.4, 0.5) is 10.3 Å². The number of nitrogens with one attached hydrogen (secondary N) is 1. The average molecular weight is 327 g/mol. The van der Waals surface area contributed by atoms with Gasteiger partial charge in [0.2, 0.25) is 11.8 Å². The summed E-state index contributed by atoms with van der Waals surface area (Å²) < 4.78 is 20.0. The van der Waals surface area contributed by atoms with Gasteiger partial charge >= 0.3 is 0 Å². The average Bonchev–Trinajstić information content (AvgIpc) is 2.97. The molecule has 7 heteroatoms. The molecule has 0 fully saturated rings. The predicted octanol–water partition coefficient (Wildman–Crippen LogP) is 3.29. The van der Waals surface area contributed by atoms with Crippen molar-refractivity contribution in [1.82, 2.24) is 19.7 Å². The Kier molecular flexibility index (Phi) is 4.41. The van der Waals surface area contributed by atoms with Crippen LogP contribution in [-0.4, -0.2) is 26.9 Å². The zero-order chi connectivity index (χ0) is 17.1. The first-order chi connectivity index (χ1) is 11.6. The maximum Gasteiger partial charge on any atom is 0.226 e. The van der Waals surface area contributed by atoms with Gasteiger partial charge in [0.1, 0.15) is 5.82 Å². The summed E-state index contributed by atoms with van der Waals surface area (Å²) in [5.41, 5.74) is 2.78. The summed E-state index contributed by atoms with van der Waals surface area (Å²) in [5.74, 6) is 0.711. The van der Waals surface area contributed by atoms with E-state index in [1.54, 1.807) is 42.4 Å². The number of rotatable bonds is 5. The molecule has 2 aromatic heterocycles. The van der Waals surface area contributed by atoms with E-state index in [2.05, 4.69) is 20.4 Å². The maximum atomic E-state index is 13.1. The van der Waals surface area contributed by atoms with Crippen molar-refractivity contribution in [2.24, 2.45) is 0 Å².